The van der Waals surface area contributed by atoms with Crippen molar-refractivity contribution in [2.75, 3.05) is 5.32 Å². The van der Waals surface area contributed by atoms with E-state index in [-0.39, 0.29) is 6.04 Å². The number of hydrogen-bond donors (Lipinski definition) is 1. The molecule has 3 nitrogen and oxygen atoms in total. The Morgan fingerprint density at radius 3 is 2.85 bits per heavy atom. The maximum atomic E-state index is 5.25. The normalized spacial score (nSPS) is 11.8. The molecule has 1 aromatic rings. The molecule has 0 spiro atoms. The van der Waals surface area contributed by atoms with E-state index in [1.165, 1.54) is 0 Å². The molecule has 0 aliphatic carbocycles. The van der Waals surface area contributed by atoms with Crippen molar-refractivity contribution >= 4 is 5.82 Å². The van der Waals surface area contributed by atoms with Crippen LogP contribution in [0.1, 0.15) is 18.3 Å². The summed E-state index contributed by atoms with van der Waals surface area (Å²) >= 11 is 0. The fraction of sp³-hybridized carbons (Fsp3) is 0.400. The van der Waals surface area contributed by atoms with E-state index >= 15 is 0 Å². The predicted octanol–water partition coefficient (Wildman–Crippen LogP) is 1.53. The van der Waals surface area contributed by atoms with Gasteiger partial charge in [-0.15, -0.1) is 6.42 Å². The van der Waals surface area contributed by atoms with Crippen LogP contribution < -0.4 is 5.32 Å². The molecule has 68 valence electrons. The summed E-state index contributed by atoms with van der Waals surface area (Å²) in [5.74, 6) is 3.35. The van der Waals surface area contributed by atoms with Gasteiger partial charge in [-0.2, -0.15) is 0 Å². The summed E-state index contributed by atoms with van der Waals surface area (Å²) in [6.07, 6.45) is 6.98. The largest absolute Gasteiger partial charge is 0.355 e. The van der Waals surface area contributed by atoms with Crippen LogP contribution in [0.4, 0.5) is 5.82 Å². The van der Waals surface area contributed by atoms with Gasteiger partial charge in [0.2, 0.25) is 0 Å². The van der Waals surface area contributed by atoms with Crippen LogP contribution in [0.25, 0.3) is 0 Å². The number of aromatic nitrogens is 2. The van der Waals surface area contributed by atoms with Gasteiger partial charge in [0.25, 0.3) is 0 Å². The monoisotopic (exact) mass is 175 g/mol. The van der Waals surface area contributed by atoms with E-state index in [2.05, 4.69) is 21.2 Å². The minimum atomic E-state index is -0.0187. The van der Waals surface area contributed by atoms with Crippen LogP contribution in [0.15, 0.2) is 6.20 Å². The van der Waals surface area contributed by atoms with Crippen molar-refractivity contribution in [2.45, 2.75) is 26.8 Å². The first-order valence-electron chi connectivity index (χ1n) is 4.16. The molecule has 0 bridgehead atoms. The molecule has 0 fully saturated rings. The molecule has 1 unspecified atom stereocenters. The third-order valence-corrected chi connectivity index (χ3v) is 1.68. The second-order valence-corrected chi connectivity index (χ2v) is 2.98. The van der Waals surface area contributed by atoms with Crippen LogP contribution in [-0.4, -0.2) is 16.0 Å². The maximum absolute atomic E-state index is 5.25. The van der Waals surface area contributed by atoms with Gasteiger partial charge in [-0.3, -0.25) is 4.98 Å². The molecule has 0 radical (unpaired) electrons. The Labute approximate surface area is 78.6 Å². The van der Waals surface area contributed by atoms with Crippen molar-refractivity contribution in [2.24, 2.45) is 0 Å². The SMILES string of the molecule is C#CC(C)Nc1nc(C)cnc1C. The van der Waals surface area contributed by atoms with E-state index in [4.69, 9.17) is 6.42 Å². The standard InChI is InChI=1S/C10H13N3/c1-5-7(2)12-10-9(4)11-6-8(3)13-10/h1,6-7H,2-4H3,(H,12,13). The number of nitrogens with zero attached hydrogens (tertiary/aromatic N) is 2. The molecule has 3 heteroatoms. The minimum absolute atomic E-state index is 0.0187. The number of rotatable bonds is 2. The average molecular weight is 175 g/mol. The van der Waals surface area contributed by atoms with Gasteiger partial charge in [-0.05, 0) is 20.8 Å². The van der Waals surface area contributed by atoms with Crippen molar-refractivity contribution in [1.29, 1.82) is 0 Å². The fourth-order valence-electron chi connectivity index (χ4n) is 0.921. The number of hydrogen-bond acceptors (Lipinski definition) is 3. The number of terminal acetylenes is 1. The molecule has 1 heterocycles. The molecule has 0 aromatic carbocycles. The Morgan fingerprint density at radius 2 is 2.23 bits per heavy atom. The highest BCUT2D eigenvalue weighted by Crippen LogP contribution is 2.09. The summed E-state index contributed by atoms with van der Waals surface area (Å²) in [6, 6.07) is -0.0187. The number of aryl methyl sites for hydroxylation is 2. The Bertz CT molecular complexity index is 339. The van der Waals surface area contributed by atoms with Gasteiger partial charge in [0.05, 0.1) is 17.4 Å². The van der Waals surface area contributed by atoms with E-state index in [0.29, 0.717) is 0 Å². The molecular weight excluding hydrogens is 162 g/mol. The van der Waals surface area contributed by atoms with E-state index in [1.54, 1.807) is 6.20 Å². The van der Waals surface area contributed by atoms with E-state index < -0.39 is 0 Å². The van der Waals surface area contributed by atoms with E-state index in [1.807, 2.05) is 20.8 Å². The minimum Gasteiger partial charge on any atom is -0.355 e. The van der Waals surface area contributed by atoms with Crippen LogP contribution in [0.5, 0.6) is 0 Å². The smallest absolute Gasteiger partial charge is 0.148 e. The summed E-state index contributed by atoms with van der Waals surface area (Å²) in [5.41, 5.74) is 1.75. The summed E-state index contributed by atoms with van der Waals surface area (Å²) in [4.78, 5) is 8.46. The van der Waals surface area contributed by atoms with Gasteiger partial charge in [-0.25, -0.2) is 4.98 Å². The second-order valence-electron chi connectivity index (χ2n) is 2.98. The Hall–Kier alpha value is -1.56. The van der Waals surface area contributed by atoms with Crippen molar-refractivity contribution in [1.82, 2.24) is 9.97 Å². The Kier molecular flexibility index (Phi) is 2.86. The molecule has 0 saturated heterocycles. The first-order valence-corrected chi connectivity index (χ1v) is 4.16. The van der Waals surface area contributed by atoms with Crippen LogP contribution in [0, 0.1) is 26.2 Å². The Morgan fingerprint density at radius 1 is 1.54 bits per heavy atom. The van der Waals surface area contributed by atoms with Crippen LogP contribution >= 0.6 is 0 Å². The first kappa shape index (κ1) is 9.53. The van der Waals surface area contributed by atoms with E-state index in [9.17, 15) is 0 Å². The molecule has 1 atom stereocenters. The van der Waals surface area contributed by atoms with Crippen LogP contribution in [0.3, 0.4) is 0 Å². The topological polar surface area (TPSA) is 37.8 Å². The number of anilines is 1. The summed E-state index contributed by atoms with van der Waals surface area (Å²) in [7, 11) is 0. The van der Waals surface area contributed by atoms with Crippen molar-refractivity contribution in [3.63, 3.8) is 0 Å². The zero-order valence-electron chi connectivity index (χ0n) is 8.13. The lowest BCUT2D eigenvalue weighted by molar-refractivity contribution is 0.972. The zero-order chi connectivity index (χ0) is 9.84. The molecule has 0 aliphatic heterocycles. The van der Waals surface area contributed by atoms with Crippen molar-refractivity contribution < 1.29 is 0 Å². The quantitative estimate of drug-likeness (QED) is 0.693. The first-order chi connectivity index (χ1) is 6.13. The molecule has 1 N–H and O–H groups in total. The van der Waals surface area contributed by atoms with Crippen molar-refractivity contribution in [3.05, 3.63) is 17.6 Å². The van der Waals surface area contributed by atoms with Crippen LogP contribution in [0.2, 0.25) is 0 Å². The lowest BCUT2D eigenvalue weighted by Crippen LogP contribution is -2.15. The predicted molar refractivity (Wildman–Crippen MR) is 53.4 cm³/mol. The highest BCUT2D eigenvalue weighted by atomic mass is 15.0. The van der Waals surface area contributed by atoms with Crippen LogP contribution in [-0.2, 0) is 0 Å². The molecule has 1 rings (SSSR count). The summed E-state index contributed by atoms with van der Waals surface area (Å²) in [5, 5.41) is 3.09. The third kappa shape index (κ3) is 2.45. The van der Waals surface area contributed by atoms with Gasteiger partial charge in [0, 0.05) is 6.20 Å². The lowest BCUT2D eigenvalue weighted by Gasteiger charge is -2.10. The van der Waals surface area contributed by atoms with Gasteiger partial charge in [-0.1, -0.05) is 5.92 Å². The molecule has 0 aliphatic rings. The molecule has 0 amide bonds. The van der Waals surface area contributed by atoms with E-state index in [0.717, 1.165) is 17.2 Å². The zero-order valence-corrected chi connectivity index (χ0v) is 8.13. The molecule has 0 saturated carbocycles. The van der Waals surface area contributed by atoms with Gasteiger partial charge in [0.1, 0.15) is 5.82 Å². The average Bonchev–Trinajstić information content (AvgIpc) is 2.11. The van der Waals surface area contributed by atoms with Gasteiger partial charge in [0.15, 0.2) is 0 Å². The Balaban J connectivity index is 2.88. The summed E-state index contributed by atoms with van der Waals surface area (Å²) in [6.45, 7) is 5.71. The number of nitrogens with one attached hydrogen (secondary N) is 1. The maximum Gasteiger partial charge on any atom is 0.148 e. The molecule has 1 aromatic heterocycles. The molecule has 13 heavy (non-hydrogen) atoms. The van der Waals surface area contributed by atoms with Gasteiger partial charge >= 0.3 is 0 Å². The second kappa shape index (κ2) is 3.90. The highest BCUT2D eigenvalue weighted by Gasteiger charge is 2.03. The van der Waals surface area contributed by atoms with Crippen molar-refractivity contribution in [3.8, 4) is 12.3 Å². The van der Waals surface area contributed by atoms with Gasteiger partial charge < -0.3 is 5.32 Å². The lowest BCUT2D eigenvalue weighted by atomic mass is 10.3. The highest BCUT2D eigenvalue weighted by molar-refractivity contribution is 5.42. The fourth-order valence-corrected chi connectivity index (χ4v) is 0.921. The summed E-state index contributed by atoms with van der Waals surface area (Å²) < 4.78 is 0. The molecular formula is C10H13N3. The third-order valence-electron chi connectivity index (χ3n) is 1.68.